The lowest BCUT2D eigenvalue weighted by molar-refractivity contribution is -0.152. The van der Waals surface area contributed by atoms with Gasteiger partial charge in [-0.25, -0.2) is 19.2 Å². The van der Waals surface area contributed by atoms with Crippen LogP contribution in [0.1, 0.15) is 157 Å². The van der Waals surface area contributed by atoms with Gasteiger partial charge in [0.2, 0.25) is 0 Å². The van der Waals surface area contributed by atoms with E-state index in [0.29, 0.717) is 85.2 Å². The maximum Gasteiger partial charge on any atom is 0.410 e. The molecule has 4 fully saturated rings. The van der Waals surface area contributed by atoms with E-state index in [1.807, 2.05) is 147 Å². The van der Waals surface area contributed by atoms with Crippen LogP contribution in [0.25, 0.3) is 0 Å². The Bertz CT molecular complexity index is 2950. The summed E-state index contributed by atoms with van der Waals surface area (Å²) < 4.78 is 21.7. The van der Waals surface area contributed by atoms with Gasteiger partial charge in [0.05, 0.1) is 5.41 Å². The summed E-state index contributed by atoms with van der Waals surface area (Å²) in [5.74, 6) is -0.884. The van der Waals surface area contributed by atoms with E-state index in [4.69, 9.17) is 121 Å². The van der Waals surface area contributed by atoms with Crippen LogP contribution in [0.2, 0.25) is 20.1 Å². The number of halogens is 4. The van der Waals surface area contributed by atoms with Crippen LogP contribution in [0.15, 0.2) is 97.1 Å². The fourth-order valence-electron chi connectivity index (χ4n) is 11.6. The predicted molar refractivity (Wildman–Crippen MR) is 417 cm³/mol. The fraction of sp³-hybridized carbons (Fsp3) is 0.580. The van der Waals surface area contributed by atoms with Crippen LogP contribution >= 0.6 is 46.4 Å². The van der Waals surface area contributed by atoms with Crippen molar-refractivity contribution in [1.82, 2.24) is 19.6 Å². The van der Waals surface area contributed by atoms with Crippen molar-refractivity contribution in [2.45, 2.75) is 199 Å². The number of carbonyl (C=O) groups excluding carboxylic acids is 4. The van der Waals surface area contributed by atoms with Crippen molar-refractivity contribution in [2.24, 2.45) is 22.6 Å². The molecule has 4 atom stereocenters. The molecular formula is C69H99B10Cl4N7O10. The average Bonchev–Trinajstić information content (AvgIpc) is 0.808. The number of nitrogens with two attached hydrogens (primary N) is 3. The number of hydrogen-bond donors (Lipinski definition) is 4. The molecular weight excluding hydrogens is 1340 g/mol. The van der Waals surface area contributed by atoms with Crippen LogP contribution in [0.5, 0.6) is 0 Å². The van der Waals surface area contributed by atoms with Crippen LogP contribution in [0, 0.1) is 5.41 Å². The summed E-state index contributed by atoms with van der Waals surface area (Å²) in [5, 5.41) is 12.6. The first kappa shape index (κ1) is 89.3. The Kier molecular flexibility index (Phi) is 35.6. The molecule has 4 heterocycles. The van der Waals surface area contributed by atoms with Crippen molar-refractivity contribution in [3.05, 3.63) is 139 Å². The average molecular weight is 1440 g/mol. The molecule has 0 aromatic heterocycles. The van der Waals surface area contributed by atoms with Gasteiger partial charge in [0.1, 0.15) is 22.4 Å². The summed E-state index contributed by atoms with van der Waals surface area (Å²) in [4.78, 5) is 67.7. The summed E-state index contributed by atoms with van der Waals surface area (Å²) in [6.45, 7) is 26.6. The molecule has 8 rings (SSSR count). The third kappa shape index (κ3) is 33.7. The normalized spacial score (nSPS) is 20.7. The number of nitrogens with zero attached hydrogens (tertiary/aromatic N) is 4. The monoisotopic (exact) mass is 1440 g/mol. The van der Waals surface area contributed by atoms with Gasteiger partial charge in [0.25, 0.3) is 0 Å². The molecule has 4 aliphatic rings. The third-order valence-electron chi connectivity index (χ3n) is 16.2. The Balaban J connectivity index is 0.000000331. The van der Waals surface area contributed by atoms with E-state index < -0.39 is 75.7 Å². The van der Waals surface area contributed by atoms with E-state index in [9.17, 15) is 29.1 Å². The second kappa shape index (κ2) is 39.8. The van der Waals surface area contributed by atoms with E-state index in [0.717, 1.165) is 80.0 Å². The van der Waals surface area contributed by atoms with Crippen LogP contribution in [0.4, 0.5) is 19.2 Å². The number of hydrogen-bond acceptors (Lipinski definition) is 12. The lowest BCUT2D eigenvalue weighted by Crippen LogP contribution is -2.57. The molecule has 7 N–H and O–H groups in total. The molecule has 4 amide bonds. The van der Waals surface area contributed by atoms with Crippen LogP contribution in [-0.4, -0.2) is 220 Å². The SMILES string of the molecule is CC(C)(C)OC(=O)N1CCCC(Cc2ccc(Cl)cc2)(C(=O)O)C1.CC(C)(C)OC(=O)N1CCCC(N)(Cc2ccc(Cl)cc2)C1.CC(C)(C)OC(=O)N1CCC[C@@](N)(Cc2ccc(Cl)cc2)C1.CC(C)(C)OC(=O)N1CCC[C@](N)(Cc2ccc(Cl)cc2)C1.[B]B([B])B([B])B([B])[B].[B][B]. The number of piperidine rings is 4. The number of carbonyl (C=O) groups is 5. The Labute approximate surface area is 627 Å². The van der Waals surface area contributed by atoms with Crippen LogP contribution in [0.3, 0.4) is 0 Å². The first-order valence-corrected chi connectivity index (χ1v) is 35.3. The number of ether oxygens (including phenoxy) is 4. The predicted octanol–water partition coefficient (Wildman–Crippen LogP) is 11.0. The molecule has 0 bridgehead atoms. The third-order valence-corrected chi connectivity index (χ3v) is 17.2. The zero-order chi connectivity index (χ0) is 75.8. The highest BCUT2D eigenvalue weighted by atomic mass is 35.5. The van der Waals surface area contributed by atoms with Crippen LogP contribution < -0.4 is 17.2 Å². The molecule has 0 aliphatic carbocycles. The second-order valence-electron chi connectivity index (χ2n) is 30.6. The summed E-state index contributed by atoms with van der Waals surface area (Å²) in [5.41, 5.74) is 19.6. The molecule has 100 heavy (non-hydrogen) atoms. The molecule has 4 aromatic carbocycles. The minimum absolute atomic E-state index is 0.153. The van der Waals surface area contributed by atoms with Gasteiger partial charge in [-0.3, -0.25) is 4.79 Å². The minimum Gasteiger partial charge on any atom is -0.481 e. The topological polar surface area (TPSA) is 234 Å². The fourth-order valence-corrected chi connectivity index (χ4v) is 12.1. The molecule has 4 aromatic rings. The zero-order valence-corrected chi connectivity index (χ0v) is 63.8. The first-order valence-electron chi connectivity index (χ1n) is 33.8. The first-order chi connectivity index (χ1) is 46.2. The van der Waals surface area contributed by atoms with Crippen molar-refractivity contribution in [3.63, 3.8) is 0 Å². The Morgan fingerprint density at radius 3 is 0.810 bits per heavy atom. The van der Waals surface area contributed by atoms with Crippen molar-refractivity contribution < 1.29 is 48.0 Å². The molecule has 528 valence electrons. The highest BCUT2D eigenvalue weighted by molar-refractivity contribution is 7.89. The Morgan fingerprint density at radius 2 is 0.610 bits per heavy atom. The number of aliphatic carboxylic acids is 1. The van der Waals surface area contributed by atoms with Crippen molar-refractivity contribution >= 4 is 150 Å². The van der Waals surface area contributed by atoms with E-state index in [2.05, 4.69) is 15.5 Å². The van der Waals surface area contributed by atoms with Gasteiger partial charge in [0.15, 0.2) is 0 Å². The van der Waals surface area contributed by atoms with Gasteiger partial charge >= 0.3 is 30.3 Å². The van der Waals surface area contributed by atoms with Crippen molar-refractivity contribution in [1.29, 1.82) is 0 Å². The number of amides is 4. The summed E-state index contributed by atoms with van der Waals surface area (Å²) in [7, 11) is 33.8. The van der Waals surface area contributed by atoms with Gasteiger partial charge in [-0.05, 0) is 231 Å². The second-order valence-corrected chi connectivity index (χ2v) is 32.4. The zero-order valence-electron chi connectivity index (χ0n) is 60.8. The smallest absolute Gasteiger partial charge is 0.410 e. The van der Waals surface area contributed by atoms with Crippen molar-refractivity contribution in [2.75, 3.05) is 52.4 Å². The molecule has 4 aliphatic heterocycles. The standard InChI is InChI=1S/C18H24ClNO4.3C17H25ClN2O2.B8.B2/c1-17(2,3)24-16(23)20-10-4-9-18(12-20,15(21)22)11-13-5-7-14(19)8-6-13;3*1-16(2,3)22-15(21)20-10-4-9-17(19,12-20)11-13-5-7-14(18)8-6-13;1-6(2)8(5)7(3)4;1-2/h5-8H,4,9-12H2,1-3H3,(H,21,22);3*5-8H,4,9-12,19H2,1-3H3;;/t;2*17-;;;/m.10.../s1. The number of carboxylic acid groups (broad SMARTS) is 1. The summed E-state index contributed by atoms with van der Waals surface area (Å²) in [6, 6.07) is 30.3. The van der Waals surface area contributed by atoms with Gasteiger partial charge in [-0.2, -0.15) is 0 Å². The maximum absolute atomic E-state index is 12.3. The lowest BCUT2D eigenvalue weighted by atomic mass is 8.68. The highest BCUT2D eigenvalue weighted by Gasteiger charge is 2.45. The largest absolute Gasteiger partial charge is 0.481 e. The number of benzene rings is 4. The van der Waals surface area contributed by atoms with Gasteiger partial charge < -0.3 is 60.9 Å². The minimum atomic E-state index is -0.997. The Morgan fingerprint density at radius 1 is 0.400 bits per heavy atom. The van der Waals surface area contributed by atoms with Crippen LogP contribution in [-0.2, 0) is 49.4 Å². The number of rotatable bonds is 11. The number of carboxylic acids is 1. The summed E-state index contributed by atoms with van der Waals surface area (Å²) >= 11 is 23.6. The van der Waals surface area contributed by atoms with Crippen molar-refractivity contribution in [3.8, 4) is 0 Å². The maximum atomic E-state index is 12.3. The quantitative estimate of drug-likeness (QED) is 0.0809. The van der Waals surface area contributed by atoms with E-state index in [1.54, 1.807) is 47.6 Å². The van der Waals surface area contributed by atoms with Gasteiger partial charge in [0, 0.05) is 162 Å². The van der Waals surface area contributed by atoms with E-state index in [-0.39, 0.29) is 24.8 Å². The van der Waals surface area contributed by atoms with Gasteiger partial charge in [-0.1, -0.05) is 94.9 Å². The van der Waals surface area contributed by atoms with E-state index >= 15 is 0 Å². The molecule has 0 spiro atoms. The molecule has 14 radical (unpaired) electrons. The molecule has 0 saturated carbocycles. The van der Waals surface area contributed by atoms with E-state index in [1.165, 1.54) is 4.90 Å². The molecule has 2 unspecified atom stereocenters. The summed E-state index contributed by atoms with van der Waals surface area (Å²) in [6.07, 6.45) is 6.01. The molecule has 31 heteroatoms. The Hall–Kier alpha value is -4.88. The van der Waals surface area contributed by atoms with Gasteiger partial charge in [-0.15, -0.1) is 0 Å². The molecule has 4 saturated heterocycles. The molecule has 17 nitrogen and oxygen atoms in total. The lowest BCUT2D eigenvalue weighted by Gasteiger charge is -2.40. The highest BCUT2D eigenvalue weighted by Crippen LogP contribution is 2.36. The number of likely N-dealkylation sites (tertiary alicyclic amines) is 4.